The van der Waals surface area contributed by atoms with Crippen LogP contribution in [0.15, 0.2) is 71.3 Å². The standard InChI is InChI=1S/C30H26F3N5O2/c1-2-5-24-34-27(25-26(36-40-28(25)35-24)22-9-8-19-6-3-4-7-21(19)18-22)37-14-16-38(17-15-37)29(39)20-10-12-23(13-11-20)30(31,32)33/h3-4,6-13,18H,2,5,14-17H2,1H3. The Morgan fingerprint density at radius 3 is 2.35 bits per heavy atom. The lowest BCUT2D eigenvalue weighted by molar-refractivity contribution is -0.137. The average Bonchev–Trinajstić information content (AvgIpc) is 3.40. The summed E-state index contributed by atoms with van der Waals surface area (Å²) in [5.74, 6) is 1.07. The number of amides is 1. The third-order valence-corrected chi connectivity index (χ3v) is 7.19. The Kier molecular flexibility index (Phi) is 6.61. The molecule has 2 aromatic heterocycles. The van der Waals surface area contributed by atoms with E-state index in [-0.39, 0.29) is 11.5 Å². The second-order valence-electron chi connectivity index (χ2n) is 9.84. The molecule has 10 heteroatoms. The molecule has 40 heavy (non-hydrogen) atoms. The van der Waals surface area contributed by atoms with E-state index in [0.717, 1.165) is 40.3 Å². The van der Waals surface area contributed by atoms with E-state index in [4.69, 9.17) is 9.51 Å². The van der Waals surface area contributed by atoms with Crippen LogP contribution in [0.3, 0.4) is 0 Å². The zero-order valence-corrected chi connectivity index (χ0v) is 21.8. The molecule has 0 N–H and O–H groups in total. The van der Waals surface area contributed by atoms with Crippen LogP contribution in [0.25, 0.3) is 33.1 Å². The molecule has 1 saturated heterocycles. The molecule has 1 fully saturated rings. The van der Waals surface area contributed by atoms with E-state index in [1.54, 1.807) is 4.90 Å². The zero-order chi connectivity index (χ0) is 27.9. The highest BCUT2D eigenvalue weighted by molar-refractivity contribution is 6.00. The third-order valence-electron chi connectivity index (χ3n) is 7.19. The highest BCUT2D eigenvalue weighted by Gasteiger charge is 2.31. The third kappa shape index (κ3) is 4.85. The van der Waals surface area contributed by atoms with Gasteiger partial charge in [-0.15, -0.1) is 0 Å². The summed E-state index contributed by atoms with van der Waals surface area (Å²) in [5.41, 5.74) is 1.41. The van der Waals surface area contributed by atoms with Gasteiger partial charge in [-0.3, -0.25) is 4.79 Å². The fourth-order valence-electron chi connectivity index (χ4n) is 5.08. The molecule has 6 rings (SSSR count). The predicted octanol–water partition coefficient (Wildman–Crippen LogP) is 6.37. The first-order chi connectivity index (χ1) is 19.3. The second kappa shape index (κ2) is 10.3. The van der Waals surface area contributed by atoms with Crippen LogP contribution in [0.4, 0.5) is 19.0 Å². The van der Waals surface area contributed by atoms with E-state index in [0.29, 0.717) is 55.6 Å². The number of hydrogen-bond acceptors (Lipinski definition) is 6. The van der Waals surface area contributed by atoms with Gasteiger partial charge in [0.2, 0.25) is 0 Å². The van der Waals surface area contributed by atoms with E-state index in [9.17, 15) is 18.0 Å². The lowest BCUT2D eigenvalue weighted by Gasteiger charge is -2.35. The molecule has 0 bridgehead atoms. The highest BCUT2D eigenvalue weighted by atomic mass is 19.4. The molecule has 0 atom stereocenters. The van der Waals surface area contributed by atoms with Crippen molar-refractivity contribution < 1.29 is 22.5 Å². The number of piperazine rings is 1. The average molecular weight is 546 g/mol. The van der Waals surface area contributed by atoms with Crippen molar-refractivity contribution in [2.75, 3.05) is 31.1 Å². The van der Waals surface area contributed by atoms with Gasteiger partial charge in [-0.1, -0.05) is 48.5 Å². The van der Waals surface area contributed by atoms with Crippen LogP contribution in [0.1, 0.15) is 35.1 Å². The van der Waals surface area contributed by atoms with Crippen LogP contribution in [-0.4, -0.2) is 52.1 Å². The molecule has 3 aromatic carbocycles. The summed E-state index contributed by atoms with van der Waals surface area (Å²) in [4.78, 5) is 26.3. The fourth-order valence-corrected chi connectivity index (χ4v) is 5.08. The molecular weight excluding hydrogens is 519 g/mol. The molecule has 5 aromatic rings. The molecule has 0 radical (unpaired) electrons. The number of anilines is 1. The largest absolute Gasteiger partial charge is 0.416 e. The minimum absolute atomic E-state index is 0.230. The smallest absolute Gasteiger partial charge is 0.352 e. The van der Waals surface area contributed by atoms with Crippen LogP contribution in [0.5, 0.6) is 0 Å². The second-order valence-corrected chi connectivity index (χ2v) is 9.84. The molecule has 0 aliphatic carbocycles. The monoisotopic (exact) mass is 545 g/mol. The zero-order valence-electron chi connectivity index (χ0n) is 21.8. The van der Waals surface area contributed by atoms with Gasteiger partial charge in [0, 0.05) is 43.7 Å². The van der Waals surface area contributed by atoms with Crippen molar-refractivity contribution in [1.29, 1.82) is 0 Å². The van der Waals surface area contributed by atoms with Crippen LogP contribution in [-0.2, 0) is 12.6 Å². The topological polar surface area (TPSA) is 75.4 Å². The minimum Gasteiger partial charge on any atom is -0.352 e. The lowest BCUT2D eigenvalue weighted by atomic mass is 10.0. The summed E-state index contributed by atoms with van der Waals surface area (Å²) in [5, 5.41) is 7.31. The summed E-state index contributed by atoms with van der Waals surface area (Å²) in [7, 11) is 0. The maximum absolute atomic E-state index is 13.0. The SMILES string of the molecule is CCCc1nc(N2CCN(C(=O)c3ccc(C(F)(F)F)cc3)CC2)c2c(-c3ccc4ccccc4c3)noc2n1. The van der Waals surface area contributed by atoms with Crippen LogP contribution in [0, 0.1) is 0 Å². The summed E-state index contributed by atoms with van der Waals surface area (Å²) < 4.78 is 44.5. The van der Waals surface area contributed by atoms with E-state index < -0.39 is 11.7 Å². The van der Waals surface area contributed by atoms with Crippen molar-refractivity contribution >= 4 is 33.6 Å². The molecule has 7 nitrogen and oxygen atoms in total. The van der Waals surface area contributed by atoms with Gasteiger partial charge in [0.1, 0.15) is 22.7 Å². The van der Waals surface area contributed by atoms with E-state index in [1.165, 1.54) is 12.1 Å². The highest BCUT2D eigenvalue weighted by Crippen LogP contribution is 2.36. The number of rotatable bonds is 5. The van der Waals surface area contributed by atoms with Gasteiger partial charge in [-0.25, -0.2) is 4.98 Å². The summed E-state index contributed by atoms with van der Waals surface area (Å²) in [6.07, 6.45) is -2.90. The van der Waals surface area contributed by atoms with Crippen molar-refractivity contribution in [3.05, 3.63) is 83.7 Å². The Morgan fingerprint density at radius 2 is 1.65 bits per heavy atom. The van der Waals surface area contributed by atoms with Crippen LogP contribution >= 0.6 is 0 Å². The van der Waals surface area contributed by atoms with Gasteiger partial charge >= 0.3 is 6.18 Å². The van der Waals surface area contributed by atoms with E-state index in [1.807, 2.05) is 30.3 Å². The van der Waals surface area contributed by atoms with Crippen molar-refractivity contribution in [3.63, 3.8) is 0 Å². The summed E-state index contributed by atoms with van der Waals surface area (Å²) >= 11 is 0. The number of fused-ring (bicyclic) bond motifs is 2. The first-order valence-corrected chi connectivity index (χ1v) is 13.2. The quantitative estimate of drug-likeness (QED) is 0.255. The number of nitrogens with zero attached hydrogens (tertiary/aromatic N) is 5. The van der Waals surface area contributed by atoms with Gasteiger partial charge in [0.25, 0.3) is 11.6 Å². The maximum Gasteiger partial charge on any atom is 0.416 e. The van der Waals surface area contributed by atoms with Crippen molar-refractivity contribution in [1.82, 2.24) is 20.0 Å². The van der Waals surface area contributed by atoms with E-state index in [2.05, 4.69) is 34.1 Å². The van der Waals surface area contributed by atoms with Gasteiger partial charge in [-0.05, 0) is 47.5 Å². The van der Waals surface area contributed by atoms with Crippen molar-refractivity contribution in [2.45, 2.75) is 25.9 Å². The first-order valence-electron chi connectivity index (χ1n) is 13.2. The Balaban J connectivity index is 1.29. The first kappa shape index (κ1) is 25.8. The Hall–Kier alpha value is -4.47. The Labute approximate surface area is 228 Å². The van der Waals surface area contributed by atoms with E-state index >= 15 is 0 Å². The van der Waals surface area contributed by atoms with Gasteiger partial charge in [0.15, 0.2) is 0 Å². The number of alkyl halides is 3. The van der Waals surface area contributed by atoms with Gasteiger partial charge in [0.05, 0.1) is 5.56 Å². The lowest BCUT2D eigenvalue weighted by Crippen LogP contribution is -2.49. The van der Waals surface area contributed by atoms with Crippen LogP contribution in [0.2, 0.25) is 0 Å². The van der Waals surface area contributed by atoms with Gasteiger partial charge < -0.3 is 14.3 Å². The minimum atomic E-state index is -4.44. The summed E-state index contributed by atoms with van der Waals surface area (Å²) in [6.45, 7) is 3.83. The number of carbonyl (C=O) groups is 1. The molecule has 204 valence electrons. The number of carbonyl (C=O) groups excluding carboxylic acids is 1. The number of benzene rings is 3. The van der Waals surface area contributed by atoms with Crippen molar-refractivity contribution in [2.24, 2.45) is 0 Å². The maximum atomic E-state index is 13.0. The molecule has 3 heterocycles. The number of aryl methyl sites for hydroxylation is 1. The molecule has 0 spiro atoms. The molecule has 0 unspecified atom stereocenters. The molecule has 1 amide bonds. The number of aromatic nitrogens is 3. The number of hydrogen-bond donors (Lipinski definition) is 0. The summed E-state index contributed by atoms with van der Waals surface area (Å²) in [6, 6.07) is 18.5. The molecule has 1 aliphatic rings. The predicted molar refractivity (Wildman–Crippen MR) is 146 cm³/mol. The van der Waals surface area contributed by atoms with Gasteiger partial charge in [-0.2, -0.15) is 18.2 Å². The molecule has 1 aliphatic heterocycles. The van der Waals surface area contributed by atoms with Crippen molar-refractivity contribution in [3.8, 4) is 11.3 Å². The Bertz CT molecular complexity index is 1690. The fraction of sp³-hybridized carbons (Fsp3) is 0.267. The number of halogens is 3. The molecule has 0 saturated carbocycles. The van der Waals surface area contributed by atoms with Crippen LogP contribution < -0.4 is 4.90 Å². The Morgan fingerprint density at radius 1 is 0.925 bits per heavy atom. The normalized spacial score (nSPS) is 14.3. The molecular formula is C30H26F3N5O2.